The fourth-order valence-corrected chi connectivity index (χ4v) is 2.62. The van der Waals surface area contributed by atoms with Crippen molar-refractivity contribution in [2.75, 3.05) is 7.05 Å². The van der Waals surface area contributed by atoms with Gasteiger partial charge in [-0.2, -0.15) is 0 Å². The second-order valence-corrected chi connectivity index (χ2v) is 5.80. The first-order valence-electron chi connectivity index (χ1n) is 7.45. The van der Waals surface area contributed by atoms with Crippen LogP contribution in [0.2, 0.25) is 0 Å². The third-order valence-corrected chi connectivity index (χ3v) is 3.86. The van der Waals surface area contributed by atoms with Gasteiger partial charge in [0, 0.05) is 6.54 Å². The van der Waals surface area contributed by atoms with E-state index in [2.05, 4.69) is 63.3 Å². The van der Waals surface area contributed by atoms with E-state index in [4.69, 9.17) is 4.74 Å². The summed E-state index contributed by atoms with van der Waals surface area (Å²) in [7, 11) is 1.97. The molecule has 2 rings (SSSR count). The van der Waals surface area contributed by atoms with Crippen LogP contribution in [0, 0.1) is 27.7 Å². The Morgan fingerprint density at radius 1 is 0.810 bits per heavy atom. The Balaban J connectivity index is 2.14. The molecule has 2 aromatic carbocycles. The highest BCUT2D eigenvalue weighted by Gasteiger charge is 2.07. The maximum atomic E-state index is 6.06. The molecule has 0 bridgehead atoms. The van der Waals surface area contributed by atoms with E-state index in [1.807, 2.05) is 7.05 Å². The van der Waals surface area contributed by atoms with Gasteiger partial charge in [-0.1, -0.05) is 30.3 Å². The Morgan fingerprint density at radius 2 is 1.43 bits per heavy atom. The number of rotatable bonds is 5. The lowest BCUT2D eigenvalue weighted by molar-refractivity contribution is 0.301. The highest BCUT2D eigenvalue weighted by atomic mass is 16.5. The summed E-state index contributed by atoms with van der Waals surface area (Å²) < 4.78 is 6.06. The zero-order valence-electron chi connectivity index (χ0n) is 13.7. The number of benzene rings is 2. The summed E-state index contributed by atoms with van der Waals surface area (Å²) in [4.78, 5) is 0. The van der Waals surface area contributed by atoms with E-state index in [1.165, 1.54) is 33.4 Å². The smallest absolute Gasteiger partial charge is 0.125 e. The minimum atomic E-state index is 0.619. The molecule has 0 spiro atoms. The first kappa shape index (κ1) is 15.6. The summed E-state index contributed by atoms with van der Waals surface area (Å²) >= 11 is 0. The van der Waals surface area contributed by atoms with Crippen LogP contribution >= 0.6 is 0 Å². The van der Waals surface area contributed by atoms with Crippen molar-refractivity contribution < 1.29 is 4.74 Å². The van der Waals surface area contributed by atoms with Gasteiger partial charge in [0.15, 0.2) is 0 Å². The second kappa shape index (κ2) is 6.77. The van der Waals surface area contributed by atoms with Gasteiger partial charge in [0.2, 0.25) is 0 Å². The Hall–Kier alpha value is -1.80. The van der Waals surface area contributed by atoms with Crippen LogP contribution in [-0.4, -0.2) is 7.05 Å². The van der Waals surface area contributed by atoms with E-state index in [9.17, 15) is 0 Å². The Morgan fingerprint density at radius 3 is 2.00 bits per heavy atom. The molecule has 0 aromatic heterocycles. The highest BCUT2D eigenvalue weighted by molar-refractivity contribution is 5.43. The average Bonchev–Trinajstić information content (AvgIpc) is 2.42. The van der Waals surface area contributed by atoms with Gasteiger partial charge in [-0.3, -0.25) is 0 Å². The minimum absolute atomic E-state index is 0.619. The van der Waals surface area contributed by atoms with Gasteiger partial charge in [-0.05, 0) is 68.1 Å². The molecule has 0 amide bonds. The summed E-state index contributed by atoms with van der Waals surface area (Å²) in [5, 5.41) is 3.19. The van der Waals surface area contributed by atoms with Crippen molar-refractivity contribution in [1.82, 2.24) is 5.32 Å². The first-order valence-corrected chi connectivity index (χ1v) is 7.45. The minimum Gasteiger partial charge on any atom is -0.488 e. The SMILES string of the molecule is CNCc1cc(C)c(OCc2ccc(C)c(C)c2)c(C)c1. The van der Waals surface area contributed by atoms with Crippen molar-refractivity contribution in [3.05, 3.63) is 63.7 Å². The maximum Gasteiger partial charge on any atom is 0.125 e. The van der Waals surface area contributed by atoms with Gasteiger partial charge < -0.3 is 10.1 Å². The largest absolute Gasteiger partial charge is 0.488 e. The van der Waals surface area contributed by atoms with Crippen molar-refractivity contribution in [2.24, 2.45) is 0 Å². The number of nitrogens with one attached hydrogen (secondary N) is 1. The number of hydrogen-bond acceptors (Lipinski definition) is 2. The van der Waals surface area contributed by atoms with Gasteiger partial charge >= 0.3 is 0 Å². The van der Waals surface area contributed by atoms with Crippen LogP contribution in [-0.2, 0) is 13.2 Å². The molecule has 1 N–H and O–H groups in total. The Kier molecular flexibility index (Phi) is 5.03. The van der Waals surface area contributed by atoms with Gasteiger partial charge in [0.05, 0.1) is 0 Å². The molecule has 0 saturated heterocycles. The number of hydrogen-bond donors (Lipinski definition) is 1. The van der Waals surface area contributed by atoms with Gasteiger partial charge in [0.1, 0.15) is 12.4 Å². The van der Waals surface area contributed by atoms with Crippen LogP contribution in [0.4, 0.5) is 0 Å². The van der Waals surface area contributed by atoms with Crippen LogP contribution in [0.5, 0.6) is 5.75 Å². The Labute approximate surface area is 128 Å². The molecule has 0 aliphatic carbocycles. The molecule has 0 unspecified atom stereocenters. The lowest BCUT2D eigenvalue weighted by Gasteiger charge is -2.15. The molecule has 0 radical (unpaired) electrons. The van der Waals surface area contributed by atoms with E-state index in [-0.39, 0.29) is 0 Å². The van der Waals surface area contributed by atoms with Crippen molar-refractivity contribution >= 4 is 0 Å². The summed E-state index contributed by atoms with van der Waals surface area (Å²) in [6.07, 6.45) is 0. The number of aryl methyl sites for hydroxylation is 4. The molecule has 112 valence electrons. The van der Waals surface area contributed by atoms with E-state index in [0.29, 0.717) is 6.61 Å². The monoisotopic (exact) mass is 283 g/mol. The molecule has 2 aromatic rings. The molecule has 0 saturated carbocycles. The molecule has 21 heavy (non-hydrogen) atoms. The highest BCUT2D eigenvalue weighted by Crippen LogP contribution is 2.26. The summed E-state index contributed by atoms with van der Waals surface area (Å²) in [6.45, 7) is 10.0. The molecule has 0 aliphatic rings. The van der Waals surface area contributed by atoms with Crippen LogP contribution < -0.4 is 10.1 Å². The molecule has 0 fully saturated rings. The standard InChI is InChI=1S/C19H25NO/c1-13-6-7-17(8-14(13)2)12-21-19-15(3)9-18(11-20-5)10-16(19)4/h6-10,20H,11-12H2,1-5H3. The average molecular weight is 283 g/mol. The van der Waals surface area contributed by atoms with E-state index in [1.54, 1.807) is 0 Å². The van der Waals surface area contributed by atoms with Gasteiger partial charge in [-0.25, -0.2) is 0 Å². The van der Waals surface area contributed by atoms with Crippen molar-refractivity contribution in [1.29, 1.82) is 0 Å². The van der Waals surface area contributed by atoms with Crippen LogP contribution in [0.1, 0.15) is 33.4 Å². The molecular formula is C19H25NO. The molecule has 0 heterocycles. The van der Waals surface area contributed by atoms with Gasteiger partial charge in [0.25, 0.3) is 0 Å². The fourth-order valence-electron chi connectivity index (χ4n) is 2.62. The second-order valence-electron chi connectivity index (χ2n) is 5.80. The maximum absolute atomic E-state index is 6.06. The molecule has 2 heteroatoms. The quantitative estimate of drug-likeness (QED) is 0.887. The topological polar surface area (TPSA) is 21.3 Å². The van der Waals surface area contributed by atoms with E-state index < -0.39 is 0 Å². The predicted molar refractivity (Wildman–Crippen MR) is 88.9 cm³/mol. The summed E-state index contributed by atoms with van der Waals surface area (Å²) in [5.41, 5.74) is 7.55. The van der Waals surface area contributed by atoms with Crippen LogP contribution in [0.25, 0.3) is 0 Å². The molecular weight excluding hydrogens is 258 g/mol. The van der Waals surface area contributed by atoms with E-state index >= 15 is 0 Å². The molecule has 0 atom stereocenters. The third kappa shape index (κ3) is 3.85. The Bertz CT molecular complexity index is 608. The van der Waals surface area contributed by atoms with Crippen molar-refractivity contribution in [3.63, 3.8) is 0 Å². The zero-order chi connectivity index (χ0) is 15.4. The summed E-state index contributed by atoms with van der Waals surface area (Å²) in [6, 6.07) is 10.9. The predicted octanol–water partition coefficient (Wildman–Crippen LogP) is 4.22. The molecule has 2 nitrogen and oxygen atoms in total. The lowest BCUT2D eigenvalue weighted by Crippen LogP contribution is -2.06. The van der Waals surface area contributed by atoms with Gasteiger partial charge in [-0.15, -0.1) is 0 Å². The normalized spacial score (nSPS) is 10.7. The third-order valence-electron chi connectivity index (χ3n) is 3.86. The van der Waals surface area contributed by atoms with Crippen molar-refractivity contribution in [2.45, 2.75) is 40.8 Å². The zero-order valence-corrected chi connectivity index (χ0v) is 13.7. The molecule has 0 aliphatic heterocycles. The van der Waals surface area contributed by atoms with Crippen LogP contribution in [0.3, 0.4) is 0 Å². The van der Waals surface area contributed by atoms with E-state index in [0.717, 1.165) is 12.3 Å². The number of ether oxygens (including phenoxy) is 1. The van der Waals surface area contributed by atoms with Crippen molar-refractivity contribution in [3.8, 4) is 5.75 Å². The first-order chi connectivity index (χ1) is 10.0. The fraction of sp³-hybridized carbons (Fsp3) is 0.368. The summed E-state index contributed by atoms with van der Waals surface area (Å²) in [5.74, 6) is 1.01. The van der Waals surface area contributed by atoms with Crippen LogP contribution in [0.15, 0.2) is 30.3 Å². The lowest BCUT2D eigenvalue weighted by atomic mass is 10.1.